The van der Waals surface area contributed by atoms with Gasteiger partial charge in [-0.15, -0.1) is 0 Å². The summed E-state index contributed by atoms with van der Waals surface area (Å²) >= 11 is 0. The molecule has 140 valence electrons. The van der Waals surface area contributed by atoms with Crippen LogP contribution in [0.2, 0.25) is 0 Å². The van der Waals surface area contributed by atoms with Crippen molar-refractivity contribution in [2.75, 3.05) is 46.4 Å². The molecule has 0 aliphatic carbocycles. The number of rotatable bonds is 9. The van der Waals surface area contributed by atoms with Crippen molar-refractivity contribution in [2.45, 2.75) is 33.4 Å². The van der Waals surface area contributed by atoms with Gasteiger partial charge >= 0.3 is 0 Å². The summed E-state index contributed by atoms with van der Waals surface area (Å²) in [6.45, 7) is 11.5. The molecule has 0 bridgehead atoms. The molecular weight excluding hydrogens is 314 g/mol. The first-order valence-corrected chi connectivity index (χ1v) is 9.36. The molecule has 0 radical (unpaired) electrons. The zero-order chi connectivity index (χ0) is 18.1. The van der Waals surface area contributed by atoms with Gasteiger partial charge in [0.1, 0.15) is 0 Å². The van der Waals surface area contributed by atoms with Crippen LogP contribution in [0, 0.1) is 5.92 Å². The number of amides is 1. The highest BCUT2D eigenvalue weighted by Crippen LogP contribution is 2.10. The molecule has 5 nitrogen and oxygen atoms in total. The van der Waals surface area contributed by atoms with Crippen LogP contribution in [0.3, 0.4) is 0 Å². The van der Waals surface area contributed by atoms with Gasteiger partial charge in [0.2, 0.25) is 5.91 Å². The zero-order valence-corrected chi connectivity index (χ0v) is 16.0. The van der Waals surface area contributed by atoms with Gasteiger partial charge in [0, 0.05) is 52.3 Å². The van der Waals surface area contributed by atoms with Crippen LogP contribution in [0.4, 0.5) is 0 Å². The van der Waals surface area contributed by atoms with Crippen LogP contribution in [-0.4, -0.2) is 62.1 Å². The molecule has 1 fully saturated rings. The van der Waals surface area contributed by atoms with E-state index in [9.17, 15) is 4.79 Å². The van der Waals surface area contributed by atoms with E-state index in [0.29, 0.717) is 32.1 Å². The van der Waals surface area contributed by atoms with Crippen LogP contribution in [0.5, 0.6) is 0 Å². The summed E-state index contributed by atoms with van der Waals surface area (Å²) in [5.41, 5.74) is 2.47. The van der Waals surface area contributed by atoms with Gasteiger partial charge in [0.15, 0.2) is 0 Å². The number of carbonyl (C=O) groups excluding carboxylic acids is 1. The van der Waals surface area contributed by atoms with Gasteiger partial charge in [0.25, 0.3) is 0 Å². The summed E-state index contributed by atoms with van der Waals surface area (Å²) in [6, 6.07) is 8.53. The molecule has 25 heavy (non-hydrogen) atoms. The number of carbonyl (C=O) groups is 1. The van der Waals surface area contributed by atoms with E-state index in [1.54, 1.807) is 0 Å². The molecule has 1 aliphatic rings. The first kappa shape index (κ1) is 19.9. The Kier molecular flexibility index (Phi) is 8.38. The van der Waals surface area contributed by atoms with Crippen LogP contribution >= 0.6 is 0 Å². The standard InChI is InChI=1S/C20H33N3O2/c1-17(2)16-25-12-7-20(24)21-14-18-5-4-6-19(13-18)15-23-10-8-22(3)9-11-23/h4-6,13,17H,7-12,14-16H2,1-3H3,(H,21,24). The van der Waals surface area contributed by atoms with Gasteiger partial charge < -0.3 is 15.0 Å². The SMILES string of the molecule is CC(C)COCCC(=O)NCc1cccc(CN2CCN(C)CC2)c1. The third-order valence-electron chi connectivity index (χ3n) is 4.41. The van der Waals surface area contributed by atoms with Gasteiger partial charge in [-0.3, -0.25) is 9.69 Å². The van der Waals surface area contributed by atoms with E-state index in [1.807, 2.05) is 0 Å². The molecule has 1 aromatic carbocycles. The van der Waals surface area contributed by atoms with Gasteiger partial charge in [-0.05, 0) is 24.1 Å². The average molecular weight is 348 g/mol. The van der Waals surface area contributed by atoms with Crippen molar-refractivity contribution in [1.82, 2.24) is 15.1 Å². The maximum absolute atomic E-state index is 11.9. The van der Waals surface area contributed by atoms with Crippen molar-refractivity contribution in [1.29, 1.82) is 0 Å². The molecule has 1 heterocycles. The predicted octanol–water partition coefficient (Wildman–Crippen LogP) is 2.11. The topological polar surface area (TPSA) is 44.8 Å². The summed E-state index contributed by atoms with van der Waals surface area (Å²) in [5, 5.41) is 2.98. The highest BCUT2D eigenvalue weighted by molar-refractivity contribution is 5.75. The second-order valence-electron chi connectivity index (χ2n) is 7.39. The van der Waals surface area contributed by atoms with Crippen molar-refractivity contribution in [2.24, 2.45) is 5.92 Å². The highest BCUT2D eigenvalue weighted by atomic mass is 16.5. The molecule has 2 rings (SSSR count). The Morgan fingerprint density at radius 3 is 2.64 bits per heavy atom. The Balaban J connectivity index is 1.70. The lowest BCUT2D eigenvalue weighted by Gasteiger charge is -2.32. The van der Waals surface area contributed by atoms with Crippen LogP contribution in [0.1, 0.15) is 31.4 Å². The minimum absolute atomic E-state index is 0.0493. The fourth-order valence-corrected chi connectivity index (χ4v) is 2.88. The lowest BCUT2D eigenvalue weighted by molar-refractivity contribution is -0.122. The molecule has 1 amide bonds. The minimum Gasteiger partial charge on any atom is -0.381 e. The second-order valence-corrected chi connectivity index (χ2v) is 7.39. The number of nitrogens with zero attached hydrogens (tertiary/aromatic N) is 2. The molecule has 0 spiro atoms. The zero-order valence-electron chi connectivity index (χ0n) is 16.0. The summed E-state index contributed by atoms with van der Waals surface area (Å²) in [5.74, 6) is 0.555. The van der Waals surface area contributed by atoms with E-state index in [4.69, 9.17) is 4.74 Å². The smallest absolute Gasteiger partial charge is 0.222 e. The number of benzene rings is 1. The van der Waals surface area contributed by atoms with Gasteiger partial charge in [-0.2, -0.15) is 0 Å². The molecule has 0 unspecified atom stereocenters. The van der Waals surface area contributed by atoms with E-state index in [0.717, 1.165) is 38.3 Å². The van der Waals surface area contributed by atoms with Gasteiger partial charge in [-0.25, -0.2) is 0 Å². The fraction of sp³-hybridized carbons (Fsp3) is 0.650. The summed E-state index contributed by atoms with van der Waals surface area (Å²) in [4.78, 5) is 16.7. The number of nitrogens with one attached hydrogen (secondary N) is 1. The quantitative estimate of drug-likeness (QED) is 0.695. The highest BCUT2D eigenvalue weighted by Gasteiger charge is 2.13. The molecule has 1 aromatic rings. The molecule has 0 saturated carbocycles. The van der Waals surface area contributed by atoms with Crippen molar-refractivity contribution in [3.05, 3.63) is 35.4 Å². The molecule has 5 heteroatoms. The Bertz CT molecular complexity index is 525. The molecule has 1 aliphatic heterocycles. The predicted molar refractivity (Wildman–Crippen MR) is 101 cm³/mol. The summed E-state index contributed by atoms with van der Waals surface area (Å²) in [6.07, 6.45) is 0.424. The Morgan fingerprint density at radius 1 is 1.20 bits per heavy atom. The van der Waals surface area contributed by atoms with Crippen molar-refractivity contribution in [3.8, 4) is 0 Å². The molecular formula is C20H33N3O2. The molecule has 1 saturated heterocycles. The maximum atomic E-state index is 11.9. The maximum Gasteiger partial charge on any atom is 0.222 e. The van der Waals surface area contributed by atoms with E-state index < -0.39 is 0 Å². The first-order valence-electron chi connectivity index (χ1n) is 9.36. The van der Waals surface area contributed by atoms with Crippen LogP contribution in [0.25, 0.3) is 0 Å². The number of piperazine rings is 1. The molecule has 1 N–H and O–H groups in total. The lowest BCUT2D eigenvalue weighted by atomic mass is 10.1. The monoisotopic (exact) mass is 347 g/mol. The Morgan fingerprint density at radius 2 is 1.92 bits per heavy atom. The average Bonchev–Trinajstić information content (AvgIpc) is 2.59. The van der Waals surface area contributed by atoms with Crippen LogP contribution in [-0.2, 0) is 22.6 Å². The fourth-order valence-electron chi connectivity index (χ4n) is 2.88. The minimum atomic E-state index is 0.0493. The van der Waals surface area contributed by atoms with Crippen molar-refractivity contribution >= 4 is 5.91 Å². The van der Waals surface area contributed by atoms with Crippen molar-refractivity contribution in [3.63, 3.8) is 0 Å². The van der Waals surface area contributed by atoms with Crippen LogP contribution in [0.15, 0.2) is 24.3 Å². The lowest BCUT2D eigenvalue weighted by Crippen LogP contribution is -2.43. The Labute approximate surface area is 152 Å². The Hall–Kier alpha value is -1.43. The van der Waals surface area contributed by atoms with E-state index in [2.05, 4.69) is 60.3 Å². The molecule has 0 atom stereocenters. The van der Waals surface area contributed by atoms with Crippen molar-refractivity contribution < 1.29 is 9.53 Å². The first-order chi connectivity index (χ1) is 12.0. The normalized spacial score (nSPS) is 16.3. The van der Waals surface area contributed by atoms with Gasteiger partial charge in [-0.1, -0.05) is 38.1 Å². The van der Waals surface area contributed by atoms with Gasteiger partial charge in [0.05, 0.1) is 6.61 Å². The van der Waals surface area contributed by atoms with Crippen LogP contribution < -0.4 is 5.32 Å². The summed E-state index contributed by atoms with van der Waals surface area (Å²) in [7, 11) is 2.18. The third kappa shape index (κ3) is 7.99. The van der Waals surface area contributed by atoms with E-state index in [1.165, 1.54) is 5.56 Å². The van der Waals surface area contributed by atoms with E-state index in [-0.39, 0.29) is 5.91 Å². The number of likely N-dealkylation sites (N-methyl/N-ethyl adjacent to an activating group) is 1. The number of hydrogen-bond donors (Lipinski definition) is 1. The van der Waals surface area contributed by atoms with E-state index >= 15 is 0 Å². The largest absolute Gasteiger partial charge is 0.381 e. The summed E-state index contributed by atoms with van der Waals surface area (Å²) < 4.78 is 5.46. The second kappa shape index (κ2) is 10.5. The number of hydrogen-bond acceptors (Lipinski definition) is 4. The molecule has 0 aromatic heterocycles. The third-order valence-corrected chi connectivity index (χ3v) is 4.41. The number of ether oxygens (including phenoxy) is 1.